The Bertz CT molecular complexity index is 780. The summed E-state index contributed by atoms with van der Waals surface area (Å²) in [6.07, 6.45) is 0.643. The number of ether oxygens (including phenoxy) is 1. The molecule has 24 heavy (non-hydrogen) atoms. The maximum Gasteiger partial charge on any atom is 0.217 e. The molecule has 6 heteroatoms. The van der Waals surface area contributed by atoms with Crippen molar-refractivity contribution in [2.75, 3.05) is 19.0 Å². The molecular weight excluding hydrogens is 390 g/mol. The summed E-state index contributed by atoms with van der Waals surface area (Å²) in [6, 6.07) is 17.5. The summed E-state index contributed by atoms with van der Waals surface area (Å²) in [4.78, 5) is 0. The lowest BCUT2D eigenvalue weighted by Gasteiger charge is -2.28. The zero-order valence-corrected chi connectivity index (χ0v) is 15.7. The molecule has 1 heterocycles. The molecule has 0 amide bonds. The molecule has 0 N–H and O–H groups in total. The van der Waals surface area contributed by atoms with Crippen molar-refractivity contribution in [3.63, 3.8) is 0 Å². The van der Waals surface area contributed by atoms with E-state index < -0.39 is 10.0 Å². The largest absolute Gasteiger partial charge is 0.379 e. The molecule has 1 atom stereocenters. The van der Waals surface area contributed by atoms with E-state index >= 15 is 0 Å². The van der Waals surface area contributed by atoms with Crippen LogP contribution in [0.2, 0.25) is 0 Å². The molecule has 1 aliphatic rings. The third-order valence-corrected chi connectivity index (χ3v) is 6.76. The number of nitrogens with zero attached hydrogens (tertiary/aromatic N) is 1. The molecule has 3 rings (SSSR count). The molecule has 0 bridgehead atoms. The van der Waals surface area contributed by atoms with Crippen LogP contribution in [0.1, 0.15) is 11.1 Å². The number of sulfonamides is 1. The van der Waals surface area contributed by atoms with Crippen LogP contribution in [0, 0.1) is 0 Å². The number of rotatable bonds is 4. The van der Waals surface area contributed by atoms with Crippen LogP contribution in [-0.2, 0) is 27.7 Å². The van der Waals surface area contributed by atoms with Crippen molar-refractivity contribution in [1.29, 1.82) is 0 Å². The Balaban J connectivity index is 1.90. The smallest absolute Gasteiger partial charge is 0.217 e. The molecule has 1 fully saturated rings. The molecule has 4 nitrogen and oxygen atoms in total. The van der Waals surface area contributed by atoms with E-state index in [0.29, 0.717) is 19.6 Å². The third kappa shape index (κ3) is 4.25. The lowest BCUT2D eigenvalue weighted by molar-refractivity contribution is 0.109. The second-order valence-corrected chi connectivity index (χ2v) is 8.77. The standard InChI is InChI=1S/C18H20BrNO3S/c19-18-9-5-4-8-16(18)13-20-17(12-15-6-2-1-3-7-15)14-23-10-11-24(20,21)22/h1-9,17H,10-14H2/t17-/m0/s1. The van der Waals surface area contributed by atoms with E-state index in [4.69, 9.17) is 4.74 Å². The van der Waals surface area contributed by atoms with E-state index in [1.54, 1.807) is 4.31 Å². The van der Waals surface area contributed by atoms with Crippen molar-refractivity contribution in [3.05, 3.63) is 70.2 Å². The average Bonchev–Trinajstić information content (AvgIpc) is 2.70. The molecule has 0 saturated carbocycles. The van der Waals surface area contributed by atoms with Gasteiger partial charge in [-0.3, -0.25) is 0 Å². The second kappa shape index (κ2) is 7.78. The Hall–Kier alpha value is -1.21. The van der Waals surface area contributed by atoms with Gasteiger partial charge in [-0.05, 0) is 23.6 Å². The van der Waals surface area contributed by atoms with Crippen LogP contribution in [0.15, 0.2) is 59.1 Å². The SMILES string of the molecule is O=S1(=O)CCOC[C@H](Cc2ccccc2)N1Cc1ccccc1Br. The Morgan fingerprint density at radius 2 is 1.79 bits per heavy atom. The number of halogens is 1. The topological polar surface area (TPSA) is 46.6 Å². The van der Waals surface area contributed by atoms with Gasteiger partial charge in [0.1, 0.15) is 0 Å². The zero-order chi connectivity index (χ0) is 17.0. The van der Waals surface area contributed by atoms with Gasteiger partial charge in [-0.2, -0.15) is 4.31 Å². The van der Waals surface area contributed by atoms with Crippen LogP contribution in [0.4, 0.5) is 0 Å². The van der Waals surface area contributed by atoms with Gasteiger partial charge in [0.2, 0.25) is 10.0 Å². The number of benzene rings is 2. The van der Waals surface area contributed by atoms with Crippen LogP contribution < -0.4 is 0 Å². The van der Waals surface area contributed by atoms with Crippen molar-refractivity contribution in [2.45, 2.75) is 19.0 Å². The average molecular weight is 410 g/mol. The van der Waals surface area contributed by atoms with Crippen LogP contribution in [-0.4, -0.2) is 37.7 Å². The minimum atomic E-state index is -3.36. The van der Waals surface area contributed by atoms with E-state index in [0.717, 1.165) is 15.6 Å². The highest BCUT2D eigenvalue weighted by atomic mass is 79.9. The molecule has 0 aromatic heterocycles. The summed E-state index contributed by atoms with van der Waals surface area (Å²) in [6.45, 7) is 1.02. The van der Waals surface area contributed by atoms with Crippen LogP contribution in [0.3, 0.4) is 0 Å². The minimum absolute atomic E-state index is 0.0305. The summed E-state index contributed by atoms with van der Waals surface area (Å²) in [5, 5.41) is 0. The van der Waals surface area contributed by atoms with E-state index in [1.807, 2.05) is 54.6 Å². The van der Waals surface area contributed by atoms with Crippen molar-refractivity contribution >= 4 is 26.0 Å². The van der Waals surface area contributed by atoms with E-state index in [2.05, 4.69) is 15.9 Å². The van der Waals surface area contributed by atoms with E-state index in [1.165, 1.54) is 0 Å². The van der Waals surface area contributed by atoms with Gasteiger partial charge in [-0.25, -0.2) is 8.42 Å². The first-order valence-electron chi connectivity index (χ1n) is 7.91. The molecule has 128 valence electrons. The van der Waals surface area contributed by atoms with Gasteiger partial charge in [-0.15, -0.1) is 0 Å². The molecule has 2 aromatic carbocycles. The number of hydrogen-bond donors (Lipinski definition) is 0. The van der Waals surface area contributed by atoms with Gasteiger partial charge < -0.3 is 4.74 Å². The van der Waals surface area contributed by atoms with Crippen molar-refractivity contribution in [1.82, 2.24) is 4.31 Å². The fourth-order valence-corrected chi connectivity index (χ4v) is 4.78. The van der Waals surface area contributed by atoms with Crippen molar-refractivity contribution in [2.24, 2.45) is 0 Å². The minimum Gasteiger partial charge on any atom is -0.379 e. The fourth-order valence-electron chi connectivity index (χ4n) is 2.88. The van der Waals surface area contributed by atoms with Gasteiger partial charge in [0, 0.05) is 11.0 Å². The predicted octanol–water partition coefficient (Wildman–Crippen LogP) is 3.22. The van der Waals surface area contributed by atoms with Crippen LogP contribution in [0.25, 0.3) is 0 Å². The van der Waals surface area contributed by atoms with Gasteiger partial charge in [-0.1, -0.05) is 64.5 Å². The highest BCUT2D eigenvalue weighted by molar-refractivity contribution is 9.10. The van der Waals surface area contributed by atoms with Crippen LogP contribution >= 0.6 is 15.9 Å². The van der Waals surface area contributed by atoms with Crippen molar-refractivity contribution < 1.29 is 13.2 Å². The molecular formula is C18H20BrNO3S. The third-order valence-electron chi connectivity index (χ3n) is 4.16. The molecule has 2 aromatic rings. The normalized spacial score (nSPS) is 21.3. The lowest BCUT2D eigenvalue weighted by Crippen LogP contribution is -2.42. The molecule has 1 aliphatic heterocycles. The predicted molar refractivity (Wildman–Crippen MR) is 98.2 cm³/mol. The van der Waals surface area contributed by atoms with E-state index in [-0.39, 0.29) is 18.4 Å². The lowest BCUT2D eigenvalue weighted by atomic mass is 10.1. The molecule has 0 aliphatic carbocycles. The Morgan fingerprint density at radius 1 is 1.08 bits per heavy atom. The first-order chi connectivity index (χ1) is 11.6. The first kappa shape index (κ1) is 17.6. The fraction of sp³-hybridized carbons (Fsp3) is 0.333. The van der Waals surface area contributed by atoms with Gasteiger partial charge in [0.15, 0.2) is 0 Å². The summed E-state index contributed by atoms with van der Waals surface area (Å²) in [5.74, 6) is 0.0305. The van der Waals surface area contributed by atoms with Gasteiger partial charge in [0.05, 0.1) is 25.0 Å². The van der Waals surface area contributed by atoms with Crippen LogP contribution in [0.5, 0.6) is 0 Å². The maximum absolute atomic E-state index is 12.7. The maximum atomic E-state index is 12.7. The summed E-state index contributed by atoms with van der Waals surface area (Å²) in [5.41, 5.74) is 2.07. The monoisotopic (exact) mass is 409 g/mol. The van der Waals surface area contributed by atoms with Crippen molar-refractivity contribution in [3.8, 4) is 0 Å². The first-order valence-corrected chi connectivity index (χ1v) is 10.3. The molecule has 0 unspecified atom stereocenters. The summed E-state index contributed by atoms with van der Waals surface area (Å²) < 4.78 is 33.6. The summed E-state index contributed by atoms with van der Waals surface area (Å²) >= 11 is 3.51. The highest BCUT2D eigenvalue weighted by Crippen LogP contribution is 2.24. The quantitative estimate of drug-likeness (QED) is 0.778. The zero-order valence-electron chi connectivity index (χ0n) is 13.3. The molecule has 0 spiro atoms. The van der Waals surface area contributed by atoms with Gasteiger partial charge in [0.25, 0.3) is 0 Å². The summed E-state index contributed by atoms with van der Waals surface area (Å²) in [7, 11) is -3.36. The van der Waals surface area contributed by atoms with E-state index in [9.17, 15) is 8.42 Å². The molecule has 0 radical (unpaired) electrons. The van der Waals surface area contributed by atoms with Gasteiger partial charge >= 0.3 is 0 Å². The number of hydrogen-bond acceptors (Lipinski definition) is 3. The Kier molecular flexibility index (Phi) is 5.71. The molecule has 1 saturated heterocycles. The Labute approximate surface area is 151 Å². The second-order valence-electron chi connectivity index (χ2n) is 5.87. The Morgan fingerprint density at radius 3 is 2.54 bits per heavy atom. The highest BCUT2D eigenvalue weighted by Gasteiger charge is 2.33.